The van der Waals surface area contributed by atoms with Crippen molar-refractivity contribution in [2.45, 2.75) is 39.2 Å². The Morgan fingerprint density at radius 3 is 2.53 bits per heavy atom. The van der Waals surface area contributed by atoms with Crippen molar-refractivity contribution in [2.24, 2.45) is 0 Å². The number of imidazole rings is 1. The second-order valence-corrected chi connectivity index (χ2v) is 4.72. The molecule has 2 aromatic rings. The summed E-state index contributed by atoms with van der Waals surface area (Å²) >= 11 is 0. The normalized spacial score (nSPS) is 12.3. The fourth-order valence-corrected chi connectivity index (χ4v) is 2.20. The van der Waals surface area contributed by atoms with E-state index in [0.717, 1.165) is 17.8 Å². The average Bonchev–Trinajstić information content (AvgIpc) is 2.85. The van der Waals surface area contributed by atoms with Crippen LogP contribution < -0.4 is 11.0 Å². The highest BCUT2D eigenvalue weighted by molar-refractivity contribution is 5.49. The lowest BCUT2D eigenvalue weighted by Gasteiger charge is -2.17. The van der Waals surface area contributed by atoms with Gasteiger partial charge in [-0.25, -0.2) is 4.79 Å². The van der Waals surface area contributed by atoms with E-state index in [4.69, 9.17) is 0 Å². The van der Waals surface area contributed by atoms with Gasteiger partial charge in [-0.05, 0) is 37.1 Å². The Bertz CT molecular complexity index is 553. The molecule has 0 aliphatic rings. The smallest absolute Gasteiger partial charge is 0.330 e. The van der Waals surface area contributed by atoms with Gasteiger partial charge in [0.1, 0.15) is 0 Å². The third-order valence-corrected chi connectivity index (χ3v) is 3.30. The van der Waals surface area contributed by atoms with Gasteiger partial charge in [0, 0.05) is 24.1 Å². The number of nitrogens with zero attached hydrogens (tertiary/aromatic N) is 1. The lowest BCUT2D eigenvalue weighted by atomic mass is 10.1. The molecule has 19 heavy (non-hydrogen) atoms. The molecular weight excluding hydrogens is 238 g/mol. The van der Waals surface area contributed by atoms with Gasteiger partial charge in [0.05, 0.1) is 5.69 Å². The first kappa shape index (κ1) is 13.5. The van der Waals surface area contributed by atoms with E-state index in [-0.39, 0.29) is 5.69 Å². The van der Waals surface area contributed by atoms with E-state index in [1.165, 1.54) is 12.8 Å². The molecule has 1 heterocycles. The topological polar surface area (TPSA) is 49.8 Å². The molecule has 4 heteroatoms. The number of hydrogen-bond donors (Lipinski definition) is 2. The van der Waals surface area contributed by atoms with E-state index in [1.807, 2.05) is 24.3 Å². The largest absolute Gasteiger partial charge is 0.382 e. The minimum absolute atomic E-state index is 0.113. The molecule has 2 rings (SSSR count). The van der Waals surface area contributed by atoms with E-state index in [2.05, 4.69) is 24.1 Å². The summed E-state index contributed by atoms with van der Waals surface area (Å²) < 4.78 is 1.59. The summed E-state index contributed by atoms with van der Waals surface area (Å²) in [6.07, 6.45) is 6.85. The van der Waals surface area contributed by atoms with Crippen LogP contribution in [-0.2, 0) is 0 Å². The summed E-state index contributed by atoms with van der Waals surface area (Å²) in [7, 11) is 0. The van der Waals surface area contributed by atoms with Crippen LogP contribution in [0.1, 0.15) is 33.1 Å². The molecule has 0 fully saturated rings. The SMILES string of the molecule is CCCC(CC)Nc1ccc(-n2cc[nH]c2=O)cc1. The average molecular weight is 259 g/mol. The van der Waals surface area contributed by atoms with Crippen LogP contribution in [0.3, 0.4) is 0 Å². The zero-order valence-electron chi connectivity index (χ0n) is 11.5. The number of benzene rings is 1. The first-order valence-corrected chi connectivity index (χ1v) is 6.87. The molecule has 0 amide bonds. The second kappa shape index (κ2) is 6.27. The molecule has 4 nitrogen and oxygen atoms in total. The third kappa shape index (κ3) is 3.28. The van der Waals surface area contributed by atoms with Gasteiger partial charge >= 0.3 is 5.69 Å². The summed E-state index contributed by atoms with van der Waals surface area (Å²) in [5.41, 5.74) is 1.87. The number of rotatable bonds is 6. The molecule has 2 N–H and O–H groups in total. The maximum absolute atomic E-state index is 11.5. The van der Waals surface area contributed by atoms with Crippen molar-refractivity contribution in [3.8, 4) is 5.69 Å². The van der Waals surface area contributed by atoms with Crippen molar-refractivity contribution >= 4 is 5.69 Å². The van der Waals surface area contributed by atoms with E-state index in [9.17, 15) is 4.79 Å². The van der Waals surface area contributed by atoms with Crippen molar-refractivity contribution in [3.05, 3.63) is 47.1 Å². The molecule has 0 saturated heterocycles. The van der Waals surface area contributed by atoms with E-state index in [0.29, 0.717) is 6.04 Å². The van der Waals surface area contributed by atoms with Crippen LogP contribution in [0.5, 0.6) is 0 Å². The quantitative estimate of drug-likeness (QED) is 0.837. The van der Waals surface area contributed by atoms with Gasteiger partial charge in [0.25, 0.3) is 0 Å². The lowest BCUT2D eigenvalue weighted by Crippen LogP contribution is -2.18. The van der Waals surface area contributed by atoms with E-state index in [1.54, 1.807) is 17.0 Å². The molecule has 0 saturated carbocycles. The van der Waals surface area contributed by atoms with Gasteiger partial charge in [0.15, 0.2) is 0 Å². The van der Waals surface area contributed by atoms with Crippen molar-refractivity contribution in [2.75, 3.05) is 5.32 Å². The molecule has 102 valence electrons. The summed E-state index contributed by atoms with van der Waals surface area (Å²) in [6.45, 7) is 4.40. The fraction of sp³-hybridized carbons (Fsp3) is 0.400. The Morgan fingerprint density at radius 2 is 2.00 bits per heavy atom. The van der Waals surface area contributed by atoms with Crippen LogP contribution in [0.15, 0.2) is 41.5 Å². The fourth-order valence-electron chi connectivity index (χ4n) is 2.20. The van der Waals surface area contributed by atoms with E-state index < -0.39 is 0 Å². The number of hydrogen-bond acceptors (Lipinski definition) is 2. The molecule has 0 spiro atoms. The molecule has 0 bridgehead atoms. The van der Waals surface area contributed by atoms with Gasteiger partial charge in [-0.3, -0.25) is 4.57 Å². The van der Waals surface area contributed by atoms with Gasteiger partial charge in [-0.15, -0.1) is 0 Å². The molecule has 0 aliphatic carbocycles. The molecule has 0 radical (unpaired) electrons. The number of aromatic amines is 1. The van der Waals surface area contributed by atoms with Crippen LogP contribution in [0.4, 0.5) is 5.69 Å². The van der Waals surface area contributed by atoms with Gasteiger partial charge in [-0.1, -0.05) is 20.3 Å². The maximum atomic E-state index is 11.5. The maximum Gasteiger partial charge on any atom is 0.330 e. The highest BCUT2D eigenvalue weighted by Crippen LogP contribution is 2.15. The van der Waals surface area contributed by atoms with Crippen molar-refractivity contribution in [1.29, 1.82) is 0 Å². The number of nitrogens with one attached hydrogen (secondary N) is 2. The minimum Gasteiger partial charge on any atom is -0.382 e. The van der Waals surface area contributed by atoms with Gasteiger partial charge < -0.3 is 10.3 Å². The summed E-state index contributed by atoms with van der Waals surface area (Å²) in [5, 5.41) is 3.52. The number of anilines is 1. The molecule has 1 unspecified atom stereocenters. The van der Waals surface area contributed by atoms with Crippen molar-refractivity contribution in [1.82, 2.24) is 9.55 Å². The Morgan fingerprint density at radius 1 is 1.26 bits per heavy atom. The zero-order valence-corrected chi connectivity index (χ0v) is 11.5. The lowest BCUT2D eigenvalue weighted by molar-refractivity contribution is 0.623. The Balaban J connectivity index is 2.10. The molecular formula is C15H21N3O. The monoisotopic (exact) mass is 259 g/mol. The first-order valence-electron chi connectivity index (χ1n) is 6.87. The molecule has 1 aromatic heterocycles. The summed E-state index contributed by atoms with van der Waals surface area (Å²) in [5.74, 6) is 0. The first-order chi connectivity index (χ1) is 9.24. The summed E-state index contributed by atoms with van der Waals surface area (Å²) in [6, 6.07) is 8.47. The standard InChI is InChI=1S/C15H21N3O/c1-3-5-12(4-2)17-13-6-8-14(9-7-13)18-11-10-16-15(18)19/h6-12,17H,3-5H2,1-2H3,(H,16,19). The Labute approximate surface area is 113 Å². The van der Waals surface area contributed by atoms with Crippen LogP contribution in [0, 0.1) is 0 Å². The molecule has 1 atom stereocenters. The highest BCUT2D eigenvalue weighted by Gasteiger charge is 2.05. The second-order valence-electron chi connectivity index (χ2n) is 4.72. The van der Waals surface area contributed by atoms with Crippen molar-refractivity contribution < 1.29 is 0 Å². The number of H-pyrrole nitrogens is 1. The van der Waals surface area contributed by atoms with Gasteiger partial charge in [-0.2, -0.15) is 0 Å². The Hall–Kier alpha value is -1.97. The van der Waals surface area contributed by atoms with Crippen molar-refractivity contribution in [3.63, 3.8) is 0 Å². The minimum atomic E-state index is -0.113. The van der Waals surface area contributed by atoms with Crippen LogP contribution in [-0.4, -0.2) is 15.6 Å². The van der Waals surface area contributed by atoms with Crippen LogP contribution in [0.25, 0.3) is 5.69 Å². The summed E-state index contributed by atoms with van der Waals surface area (Å²) in [4.78, 5) is 14.1. The third-order valence-electron chi connectivity index (χ3n) is 3.30. The van der Waals surface area contributed by atoms with Crippen LogP contribution >= 0.6 is 0 Å². The van der Waals surface area contributed by atoms with E-state index >= 15 is 0 Å². The zero-order chi connectivity index (χ0) is 13.7. The highest BCUT2D eigenvalue weighted by atomic mass is 16.1. The number of aromatic nitrogens is 2. The molecule has 1 aromatic carbocycles. The molecule has 0 aliphatic heterocycles. The Kier molecular flexibility index (Phi) is 4.44. The predicted octanol–water partition coefficient (Wildman–Crippen LogP) is 3.16. The predicted molar refractivity (Wildman–Crippen MR) is 79.0 cm³/mol. The van der Waals surface area contributed by atoms with Gasteiger partial charge in [0.2, 0.25) is 0 Å². The van der Waals surface area contributed by atoms with Crippen LogP contribution in [0.2, 0.25) is 0 Å².